The number of hydrogen-bond acceptors (Lipinski definition) is 3. The molecule has 100 valence electrons. The molecule has 0 aromatic carbocycles. The predicted molar refractivity (Wildman–Crippen MR) is 69.4 cm³/mol. The number of carboxylic acid groups (broad SMARTS) is 1. The van der Waals surface area contributed by atoms with E-state index in [2.05, 4.69) is 21.0 Å². The van der Waals surface area contributed by atoms with Crippen LogP contribution in [0, 0.1) is 12.3 Å². The highest BCUT2D eigenvalue weighted by Gasteiger charge is 2.49. The smallest absolute Gasteiger partial charge is 0.312 e. The Hall–Kier alpha value is -0.880. The number of hydrogen-bond donors (Lipinski definition) is 1. The lowest BCUT2D eigenvalue weighted by Gasteiger charge is -2.27. The van der Waals surface area contributed by atoms with Crippen LogP contribution in [-0.4, -0.2) is 33.6 Å². The number of rotatable bonds is 3. The van der Waals surface area contributed by atoms with Gasteiger partial charge in [-0.1, -0.05) is 0 Å². The van der Waals surface area contributed by atoms with Crippen molar-refractivity contribution in [3.63, 3.8) is 0 Å². The van der Waals surface area contributed by atoms with Crippen molar-refractivity contribution in [1.29, 1.82) is 0 Å². The lowest BCUT2D eigenvalue weighted by atomic mass is 9.77. The molecule has 0 radical (unpaired) electrons. The molecular weight excluding hydrogens is 300 g/mol. The largest absolute Gasteiger partial charge is 0.481 e. The monoisotopic (exact) mass is 316 g/mol. The standard InChI is InChI=1S/C12H17BrN2O3/c1-7-10(13)9(15(3)14-7)6-12(11(16)17)4-5-18-8(12)2/h8H,4-6H2,1-3H3,(H,16,17). The first kappa shape index (κ1) is 13.5. The third-order valence-electron chi connectivity index (χ3n) is 3.86. The second kappa shape index (κ2) is 4.66. The summed E-state index contributed by atoms with van der Waals surface area (Å²) in [4.78, 5) is 11.6. The zero-order valence-corrected chi connectivity index (χ0v) is 12.3. The number of aliphatic carboxylic acids is 1. The molecule has 0 aliphatic carbocycles. The van der Waals surface area contributed by atoms with Crippen LogP contribution in [0.1, 0.15) is 24.7 Å². The topological polar surface area (TPSA) is 64.4 Å². The predicted octanol–water partition coefficient (Wildman–Crippen LogP) is 1.91. The van der Waals surface area contributed by atoms with Gasteiger partial charge in [0, 0.05) is 20.1 Å². The molecule has 5 nitrogen and oxygen atoms in total. The van der Waals surface area contributed by atoms with Crippen LogP contribution in [0.5, 0.6) is 0 Å². The molecule has 1 fully saturated rings. The van der Waals surface area contributed by atoms with Gasteiger partial charge in [0.15, 0.2) is 0 Å². The number of halogens is 1. The Kier molecular flexibility index (Phi) is 3.51. The zero-order valence-electron chi connectivity index (χ0n) is 10.7. The maximum absolute atomic E-state index is 11.6. The van der Waals surface area contributed by atoms with Gasteiger partial charge in [0.2, 0.25) is 0 Å². The van der Waals surface area contributed by atoms with Crippen molar-refractivity contribution in [2.75, 3.05) is 6.61 Å². The van der Waals surface area contributed by atoms with Crippen molar-refractivity contribution in [3.05, 3.63) is 15.9 Å². The lowest BCUT2D eigenvalue weighted by molar-refractivity contribution is -0.151. The van der Waals surface area contributed by atoms with Gasteiger partial charge in [-0.05, 0) is 36.2 Å². The number of aryl methyl sites for hydroxylation is 2. The molecular formula is C12H17BrN2O3. The van der Waals surface area contributed by atoms with Crippen molar-refractivity contribution in [3.8, 4) is 0 Å². The first-order valence-electron chi connectivity index (χ1n) is 5.91. The third kappa shape index (κ3) is 1.97. The molecule has 1 N–H and O–H groups in total. The summed E-state index contributed by atoms with van der Waals surface area (Å²) in [7, 11) is 1.84. The maximum Gasteiger partial charge on any atom is 0.312 e. The summed E-state index contributed by atoms with van der Waals surface area (Å²) in [6.45, 7) is 4.23. The van der Waals surface area contributed by atoms with Crippen LogP contribution in [0.4, 0.5) is 0 Å². The van der Waals surface area contributed by atoms with Gasteiger partial charge in [0.25, 0.3) is 0 Å². The normalized spacial score (nSPS) is 27.7. The number of carbonyl (C=O) groups is 1. The van der Waals surface area contributed by atoms with Crippen molar-refractivity contribution in [1.82, 2.24) is 9.78 Å². The second-order valence-electron chi connectivity index (χ2n) is 4.87. The van der Waals surface area contributed by atoms with Crippen LogP contribution >= 0.6 is 15.9 Å². The van der Waals surface area contributed by atoms with E-state index in [0.717, 1.165) is 15.9 Å². The third-order valence-corrected chi connectivity index (χ3v) is 4.90. The van der Waals surface area contributed by atoms with E-state index in [1.54, 1.807) is 4.68 Å². The van der Waals surface area contributed by atoms with Crippen LogP contribution in [-0.2, 0) is 23.0 Å². The minimum absolute atomic E-state index is 0.280. The fourth-order valence-corrected chi connectivity index (χ4v) is 3.02. The summed E-state index contributed by atoms with van der Waals surface area (Å²) < 4.78 is 8.10. The molecule has 0 bridgehead atoms. The summed E-state index contributed by atoms with van der Waals surface area (Å²) in [5, 5.41) is 13.9. The van der Waals surface area contributed by atoms with E-state index in [4.69, 9.17) is 4.74 Å². The molecule has 2 unspecified atom stereocenters. The molecule has 2 atom stereocenters. The van der Waals surface area contributed by atoms with Gasteiger partial charge < -0.3 is 9.84 Å². The van der Waals surface area contributed by atoms with E-state index < -0.39 is 11.4 Å². The highest BCUT2D eigenvalue weighted by Crippen LogP contribution is 2.40. The van der Waals surface area contributed by atoms with Crippen LogP contribution < -0.4 is 0 Å². The number of aromatic nitrogens is 2. The highest BCUT2D eigenvalue weighted by molar-refractivity contribution is 9.10. The van der Waals surface area contributed by atoms with Gasteiger partial charge in [-0.25, -0.2) is 0 Å². The van der Waals surface area contributed by atoms with Crippen molar-refractivity contribution in [2.45, 2.75) is 32.8 Å². The second-order valence-corrected chi connectivity index (χ2v) is 5.66. The van der Waals surface area contributed by atoms with Crippen molar-refractivity contribution >= 4 is 21.9 Å². The van der Waals surface area contributed by atoms with Gasteiger partial charge in [-0.2, -0.15) is 5.10 Å². The number of carboxylic acids is 1. The lowest BCUT2D eigenvalue weighted by Crippen LogP contribution is -2.40. The fraction of sp³-hybridized carbons (Fsp3) is 0.667. The molecule has 1 aromatic heterocycles. The molecule has 1 aliphatic heterocycles. The summed E-state index contributed by atoms with van der Waals surface area (Å²) in [6.07, 6.45) is 0.693. The maximum atomic E-state index is 11.6. The van der Waals surface area contributed by atoms with E-state index in [1.165, 1.54) is 0 Å². The molecule has 0 saturated carbocycles. The fourth-order valence-electron chi connectivity index (χ4n) is 2.54. The Balaban J connectivity index is 2.39. The Morgan fingerprint density at radius 1 is 1.72 bits per heavy atom. The van der Waals surface area contributed by atoms with E-state index in [9.17, 15) is 9.90 Å². The minimum atomic E-state index is -0.844. The minimum Gasteiger partial charge on any atom is -0.481 e. The van der Waals surface area contributed by atoms with E-state index in [1.807, 2.05) is 20.9 Å². The SMILES string of the molecule is Cc1nn(C)c(CC2(C(=O)O)CCOC2C)c1Br. The Morgan fingerprint density at radius 2 is 2.39 bits per heavy atom. The molecule has 0 amide bonds. The Labute approximate surface area is 114 Å². The van der Waals surface area contributed by atoms with Crippen LogP contribution in [0.3, 0.4) is 0 Å². The Bertz CT molecular complexity index is 486. The van der Waals surface area contributed by atoms with Gasteiger partial charge >= 0.3 is 5.97 Å². The molecule has 2 rings (SSSR count). The summed E-state index contributed by atoms with van der Waals surface area (Å²) >= 11 is 3.48. The summed E-state index contributed by atoms with van der Waals surface area (Å²) in [6, 6.07) is 0. The van der Waals surface area contributed by atoms with Gasteiger partial charge in [-0.15, -0.1) is 0 Å². The van der Waals surface area contributed by atoms with E-state index in [-0.39, 0.29) is 6.10 Å². The number of nitrogens with zero attached hydrogens (tertiary/aromatic N) is 2. The van der Waals surface area contributed by atoms with Crippen molar-refractivity contribution in [2.24, 2.45) is 12.5 Å². The van der Waals surface area contributed by atoms with Crippen LogP contribution in [0.2, 0.25) is 0 Å². The zero-order chi connectivity index (χ0) is 13.5. The first-order valence-corrected chi connectivity index (χ1v) is 6.71. The quantitative estimate of drug-likeness (QED) is 0.925. The Morgan fingerprint density at radius 3 is 2.78 bits per heavy atom. The summed E-state index contributed by atoms with van der Waals surface area (Å²) in [5.41, 5.74) is 0.940. The molecule has 1 saturated heterocycles. The van der Waals surface area contributed by atoms with Crippen LogP contribution in [0.15, 0.2) is 4.47 Å². The first-order chi connectivity index (χ1) is 8.38. The van der Waals surface area contributed by atoms with E-state index in [0.29, 0.717) is 19.4 Å². The van der Waals surface area contributed by atoms with Crippen LogP contribution in [0.25, 0.3) is 0 Å². The summed E-state index contributed by atoms with van der Waals surface area (Å²) in [5.74, 6) is -0.793. The van der Waals surface area contributed by atoms with Gasteiger partial charge in [0.1, 0.15) is 5.41 Å². The average Bonchev–Trinajstić information content (AvgIpc) is 2.76. The molecule has 18 heavy (non-hydrogen) atoms. The molecule has 2 heterocycles. The van der Waals surface area contributed by atoms with E-state index >= 15 is 0 Å². The van der Waals surface area contributed by atoms with Gasteiger partial charge in [0.05, 0.1) is 22.0 Å². The average molecular weight is 317 g/mol. The van der Waals surface area contributed by atoms with Crippen molar-refractivity contribution < 1.29 is 14.6 Å². The molecule has 0 spiro atoms. The highest BCUT2D eigenvalue weighted by atomic mass is 79.9. The number of ether oxygens (including phenoxy) is 1. The molecule has 1 aromatic rings. The molecule has 1 aliphatic rings. The molecule has 6 heteroatoms. The van der Waals surface area contributed by atoms with Gasteiger partial charge in [-0.3, -0.25) is 9.48 Å².